The first-order valence-electron chi connectivity index (χ1n) is 6.66. The molecule has 0 aliphatic rings. The number of hydrogen-bond donors (Lipinski definition) is 2. The molecular formula is C16H39N3O2S. The first-order valence-corrected chi connectivity index (χ1v) is 8.29. The number of aryl methyl sites for hydroxylation is 1. The second-order valence-corrected chi connectivity index (χ2v) is 4.48. The third-order valence-corrected chi connectivity index (χ3v) is 1.39. The molecule has 1 heterocycles. The number of carbonyl (C=O) groups is 1. The third kappa shape index (κ3) is 75.9. The average Bonchev–Trinajstić information content (AvgIpc) is 2.92. The molecule has 5 nitrogen and oxygen atoms in total. The van der Waals surface area contributed by atoms with E-state index in [1.54, 1.807) is 11.8 Å². The Labute approximate surface area is 143 Å². The van der Waals surface area contributed by atoms with E-state index in [2.05, 4.69) is 22.3 Å². The quantitative estimate of drug-likeness (QED) is 0.772. The van der Waals surface area contributed by atoms with Crippen molar-refractivity contribution < 1.29 is 9.53 Å². The molecule has 0 aliphatic carbocycles. The van der Waals surface area contributed by atoms with Crippen LogP contribution in [0.4, 0.5) is 0 Å². The topological polar surface area (TPSA) is 55.3 Å². The lowest BCUT2D eigenvalue weighted by Crippen LogP contribution is -2.01. The maximum Gasteiger partial charge on any atom is 0.302 e. The van der Waals surface area contributed by atoms with Crippen molar-refractivity contribution in [1.29, 1.82) is 0 Å². The van der Waals surface area contributed by atoms with Gasteiger partial charge in [0.2, 0.25) is 0 Å². The molecule has 0 aliphatic heterocycles. The van der Waals surface area contributed by atoms with Crippen LogP contribution in [0.3, 0.4) is 0 Å². The molecule has 22 heavy (non-hydrogen) atoms. The van der Waals surface area contributed by atoms with Gasteiger partial charge in [-0.15, -0.1) is 0 Å². The van der Waals surface area contributed by atoms with Gasteiger partial charge < -0.3 is 19.9 Å². The van der Waals surface area contributed by atoms with Crippen LogP contribution in [0.5, 0.6) is 0 Å². The van der Waals surface area contributed by atoms with Crippen LogP contribution in [-0.2, 0) is 16.6 Å². The molecule has 0 atom stereocenters. The molecule has 1 aromatic heterocycles. The molecule has 0 bridgehead atoms. The first-order chi connectivity index (χ1) is 9.91. The molecule has 0 amide bonds. The minimum Gasteiger partial charge on any atom is -0.469 e. The third-order valence-electron chi connectivity index (χ3n) is 1.39. The van der Waals surface area contributed by atoms with Crippen molar-refractivity contribution in [2.75, 3.05) is 47.3 Å². The lowest BCUT2D eigenvalue weighted by Gasteiger charge is -1.80. The summed E-state index contributed by atoms with van der Waals surface area (Å²) in [6.07, 6.45) is 8.08. The van der Waals surface area contributed by atoms with E-state index in [-0.39, 0.29) is 13.4 Å². The number of nitrogens with one attached hydrogen (secondary N) is 2. The SMILES string of the molecule is C.CCNC.CNC.COC(C)=O.CSC.Cn1cccc1. The molecular weight excluding hydrogens is 298 g/mol. The van der Waals surface area contributed by atoms with E-state index >= 15 is 0 Å². The summed E-state index contributed by atoms with van der Waals surface area (Å²) in [5.41, 5.74) is 0. The van der Waals surface area contributed by atoms with Crippen molar-refractivity contribution in [2.45, 2.75) is 21.3 Å². The highest BCUT2D eigenvalue weighted by molar-refractivity contribution is 7.97. The maximum absolute atomic E-state index is 9.59. The fraction of sp³-hybridized carbons (Fsp3) is 0.688. The fourth-order valence-electron chi connectivity index (χ4n) is 0.421. The van der Waals surface area contributed by atoms with Gasteiger partial charge in [0.1, 0.15) is 0 Å². The van der Waals surface area contributed by atoms with Crippen LogP contribution < -0.4 is 10.6 Å². The smallest absolute Gasteiger partial charge is 0.302 e. The number of hydrogen-bond acceptors (Lipinski definition) is 5. The molecule has 136 valence electrons. The van der Waals surface area contributed by atoms with Crippen LogP contribution in [0.2, 0.25) is 0 Å². The van der Waals surface area contributed by atoms with Gasteiger partial charge in [-0.3, -0.25) is 4.79 Å². The predicted octanol–water partition coefficient (Wildman–Crippen LogP) is 2.88. The largest absolute Gasteiger partial charge is 0.469 e. The lowest BCUT2D eigenvalue weighted by atomic mass is 10.7. The zero-order valence-electron chi connectivity index (χ0n) is 15.2. The Kier molecular flexibility index (Phi) is 55.0. The number of methoxy groups -OCH3 is 1. The number of thioether (sulfide) groups is 1. The Hall–Kier alpha value is -0.980. The Morgan fingerprint density at radius 2 is 1.41 bits per heavy atom. The number of ether oxygens (including phenoxy) is 1. The van der Waals surface area contributed by atoms with Crippen molar-refractivity contribution in [3.8, 4) is 0 Å². The lowest BCUT2D eigenvalue weighted by molar-refractivity contribution is -0.137. The summed E-state index contributed by atoms with van der Waals surface area (Å²) in [7, 11) is 9.03. The summed E-state index contributed by atoms with van der Waals surface area (Å²) in [4.78, 5) is 9.59. The van der Waals surface area contributed by atoms with Crippen LogP contribution in [0.25, 0.3) is 0 Å². The number of nitrogens with zero attached hydrogens (tertiary/aromatic N) is 1. The molecule has 2 N–H and O–H groups in total. The Balaban J connectivity index is -0.0000000560. The van der Waals surface area contributed by atoms with E-state index in [1.165, 1.54) is 14.0 Å². The fourth-order valence-corrected chi connectivity index (χ4v) is 0.421. The van der Waals surface area contributed by atoms with Crippen molar-refractivity contribution in [3.63, 3.8) is 0 Å². The summed E-state index contributed by atoms with van der Waals surface area (Å²) in [5.74, 6) is -0.245. The van der Waals surface area contributed by atoms with Crippen molar-refractivity contribution in [3.05, 3.63) is 24.5 Å². The summed E-state index contributed by atoms with van der Waals surface area (Å²) in [6.45, 7) is 4.50. The minimum atomic E-state index is -0.245. The molecule has 0 saturated carbocycles. The standard InChI is InChI=1S/C5H7N.C3H9N.C3H6O2.C2H7N.C2H6S.CH4/c1-6-4-2-3-5-6;1-3-4-2;1-3(4)5-2;2*1-3-2;/h2-5H,1H3;4H,3H2,1-2H3;1-2H3;3H,1-2H3;1-2H3;1H4. The van der Waals surface area contributed by atoms with E-state index < -0.39 is 0 Å². The molecule has 0 aromatic carbocycles. The average molecular weight is 338 g/mol. The monoisotopic (exact) mass is 337 g/mol. The second-order valence-electron chi connectivity index (χ2n) is 3.66. The normalized spacial score (nSPS) is 6.95. The highest BCUT2D eigenvalue weighted by Gasteiger charge is 1.75. The number of carbonyl (C=O) groups excluding carboxylic acids is 1. The Morgan fingerprint density at radius 3 is 1.45 bits per heavy atom. The van der Waals surface area contributed by atoms with Crippen LogP contribution in [0.1, 0.15) is 21.3 Å². The van der Waals surface area contributed by atoms with Gasteiger partial charge in [-0.25, -0.2) is 0 Å². The Bertz CT molecular complexity index is 252. The first kappa shape index (κ1) is 32.8. The molecule has 0 unspecified atom stereocenters. The van der Waals surface area contributed by atoms with E-state index in [0.29, 0.717) is 0 Å². The van der Waals surface area contributed by atoms with Crippen molar-refractivity contribution >= 4 is 17.7 Å². The predicted molar refractivity (Wildman–Crippen MR) is 104 cm³/mol. The van der Waals surface area contributed by atoms with E-state index in [9.17, 15) is 4.79 Å². The van der Waals surface area contributed by atoms with Gasteiger partial charge in [0.05, 0.1) is 7.11 Å². The summed E-state index contributed by atoms with van der Waals surface area (Å²) < 4.78 is 6.11. The molecule has 0 radical (unpaired) electrons. The van der Waals surface area contributed by atoms with Crippen LogP contribution >= 0.6 is 11.8 Å². The molecule has 6 heteroatoms. The molecule has 0 spiro atoms. The molecule has 0 fully saturated rings. The summed E-state index contributed by atoms with van der Waals surface area (Å²) in [5, 5.41) is 5.68. The van der Waals surface area contributed by atoms with E-state index in [4.69, 9.17) is 0 Å². The summed E-state index contributed by atoms with van der Waals surface area (Å²) in [6, 6.07) is 4.00. The van der Waals surface area contributed by atoms with Gasteiger partial charge in [-0.05, 0) is 52.3 Å². The number of rotatable bonds is 1. The van der Waals surface area contributed by atoms with Crippen LogP contribution in [-0.4, -0.2) is 57.8 Å². The van der Waals surface area contributed by atoms with Crippen LogP contribution in [0.15, 0.2) is 24.5 Å². The highest BCUT2D eigenvalue weighted by atomic mass is 32.2. The van der Waals surface area contributed by atoms with Gasteiger partial charge >= 0.3 is 5.97 Å². The summed E-state index contributed by atoms with van der Waals surface area (Å²) >= 11 is 1.75. The van der Waals surface area contributed by atoms with E-state index in [1.807, 2.05) is 69.8 Å². The number of esters is 1. The van der Waals surface area contributed by atoms with Crippen molar-refractivity contribution in [2.24, 2.45) is 7.05 Å². The highest BCUT2D eigenvalue weighted by Crippen LogP contribution is 1.80. The molecule has 0 saturated heterocycles. The van der Waals surface area contributed by atoms with Gasteiger partial charge in [-0.1, -0.05) is 14.4 Å². The van der Waals surface area contributed by atoms with Gasteiger partial charge in [0.25, 0.3) is 0 Å². The van der Waals surface area contributed by atoms with Gasteiger partial charge in [0, 0.05) is 26.4 Å². The Morgan fingerprint density at radius 1 is 1.18 bits per heavy atom. The van der Waals surface area contributed by atoms with Crippen molar-refractivity contribution in [1.82, 2.24) is 15.2 Å². The maximum atomic E-state index is 9.59. The van der Waals surface area contributed by atoms with Crippen LogP contribution in [0, 0.1) is 0 Å². The molecule has 1 aromatic rings. The second kappa shape index (κ2) is 36.8. The minimum absolute atomic E-state index is 0. The van der Waals surface area contributed by atoms with Gasteiger partial charge in [0.15, 0.2) is 0 Å². The number of aromatic nitrogens is 1. The molecule has 1 rings (SSSR count). The zero-order chi connectivity index (χ0) is 17.5. The van der Waals surface area contributed by atoms with E-state index in [0.717, 1.165) is 6.54 Å². The zero-order valence-corrected chi connectivity index (χ0v) is 16.0. The van der Waals surface area contributed by atoms with Gasteiger partial charge in [-0.2, -0.15) is 11.8 Å².